The molecule has 2 aromatic carbocycles. The van der Waals surface area contributed by atoms with Crippen LogP contribution in [0.1, 0.15) is 25.3 Å². The van der Waals surface area contributed by atoms with Gasteiger partial charge in [-0.25, -0.2) is 4.39 Å². The average molecular weight is 365 g/mol. The maximum Gasteiger partial charge on any atom is 0.264 e. The van der Waals surface area contributed by atoms with E-state index >= 15 is 0 Å². The Morgan fingerprint density at radius 1 is 1.12 bits per heavy atom. The Kier molecular flexibility index (Phi) is 6.39. The van der Waals surface area contributed by atoms with E-state index in [9.17, 15) is 14.1 Å². The molecule has 0 heterocycles. The molecule has 0 aliphatic rings. The molecule has 1 N–H and O–H groups in total. The van der Waals surface area contributed by atoms with E-state index < -0.39 is 19.0 Å². The predicted octanol–water partition coefficient (Wildman–Crippen LogP) is 4.16. The lowest BCUT2D eigenvalue weighted by Crippen LogP contribution is -2.18. The maximum absolute atomic E-state index is 14.1. The molecule has 0 aromatic heterocycles. The van der Waals surface area contributed by atoms with Gasteiger partial charge in [0.05, 0.1) is 6.61 Å². The van der Waals surface area contributed by atoms with Crippen molar-refractivity contribution in [3.05, 3.63) is 59.9 Å². The van der Waals surface area contributed by atoms with Gasteiger partial charge in [-0.3, -0.25) is 4.57 Å². The van der Waals surface area contributed by atoms with Crippen LogP contribution in [-0.2, 0) is 9.09 Å². The van der Waals surface area contributed by atoms with Crippen LogP contribution in [0.25, 0.3) is 0 Å². The maximum atomic E-state index is 14.1. The lowest BCUT2D eigenvalue weighted by Gasteiger charge is -2.26. The SMILES string of the molecule is CC(C)CO[P@](=O)(c1ccc(N(C)C)cc1)[C@H](O)c1ccccc1F. The fraction of sp³-hybridized carbons (Fsp3) is 0.368. The van der Waals surface area contributed by atoms with Gasteiger partial charge in [0, 0.05) is 30.7 Å². The van der Waals surface area contributed by atoms with Gasteiger partial charge < -0.3 is 14.5 Å². The largest absolute Gasteiger partial charge is 0.378 e. The van der Waals surface area contributed by atoms with Crippen molar-refractivity contribution in [2.75, 3.05) is 25.6 Å². The highest BCUT2D eigenvalue weighted by Gasteiger charge is 2.38. The molecule has 136 valence electrons. The third-order valence-electron chi connectivity index (χ3n) is 3.83. The van der Waals surface area contributed by atoms with Gasteiger partial charge >= 0.3 is 0 Å². The minimum Gasteiger partial charge on any atom is -0.378 e. The molecule has 0 saturated carbocycles. The monoisotopic (exact) mass is 365 g/mol. The molecule has 6 heteroatoms. The van der Waals surface area contributed by atoms with Gasteiger partial charge in [0.25, 0.3) is 7.37 Å². The second-order valence-corrected chi connectivity index (χ2v) is 9.05. The van der Waals surface area contributed by atoms with Gasteiger partial charge in [-0.2, -0.15) is 0 Å². The molecule has 2 aromatic rings. The molecule has 0 saturated heterocycles. The Hall–Kier alpha value is -1.68. The number of rotatable bonds is 7. The van der Waals surface area contributed by atoms with E-state index in [-0.39, 0.29) is 18.1 Å². The first-order valence-corrected chi connectivity index (χ1v) is 9.90. The second kappa shape index (κ2) is 8.13. The summed E-state index contributed by atoms with van der Waals surface area (Å²) < 4.78 is 33.4. The minimum atomic E-state index is -3.72. The number of aliphatic hydroxyl groups is 1. The molecule has 0 aliphatic heterocycles. The highest BCUT2D eigenvalue weighted by atomic mass is 31.2. The summed E-state index contributed by atoms with van der Waals surface area (Å²) in [6, 6.07) is 12.7. The summed E-state index contributed by atoms with van der Waals surface area (Å²) in [6.45, 7) is 4.06. The smallest absolute Gasteiger partial charge is 0.264 e. The summed E-state index contributed by atoms with van der Waals surface area (Å²) in [4.78, 5) is 1.91. The molecule has 4 nitrogen and oxygen atoms in total. The van der Waals surface area contributed by atoms with E-state index in [4.69, 9.17) is 4.52 Å². The van der Waals surface area contributed by atoms with Gasteiger partial charge in [-0.1, -0.05) is 32.0 Å². The minimum absolute atomic E-state index is 0.0220. The Balaban J connectivity index is 2.46. The van der Waals surface area contributed by atoms with Gasteiger partial charge in [0.2, 0.25) is 0 Å². The van der Waals surface area contributed by atoms with Crippen LogP contribution in [0.15, 0.2) is 48.5 Å². The molecule has 2 rings (SSSR count). The summed E-state index contributed by atoms with van der Waals surface area (Å²) in [5.74, 6) is -2.03. The van der Waals surface area contributed by atoms with Crippen LogP contribution in [0.3, 0.4) is 0 Å². The highest BCUT2D eigenvalue weighted by molar-refractivity contribution is 7.67. The van der Waals surface area contributed by atoms with Crippen LogP contribution in [-0.4, -0.2) is 25.8 Å². The standard InChI is InChI=1S/C19H25FNO3P/c1-14(2)13-24-25(23,16-11-9-15(10-12-16)21(3)4)19(22)17-7-5-6-8-18(17)20/h5-12,14,19,22H,13H2,1-4H3/t19-,25+/m0/s1. The molecule has 25 heavy (non-hydrogen) atoms. The zero-order valence-electron chi connectivity index (χ0n) is 15.0. The molecule has 0 radical (unpaired) electrons. The number of halogens is 1. The summed E-state index contributed by atoms with van der Waals surface area (Å²) in [5.41, 5.74) is 0.908. The van der Waals surface area contributed by atoms with Gasteiger partial charge in [-0.05, 0) is 36.2 Å². The molecular weight excluding hydrogens is 340 g/mol. The van der Waals surface area contributed by atoms with Crippen molar-refractivity contribution in [2.45, 2.75) is 19.7 Å². The topological polar surface area (TPSA) is 49.8 Å². The van der Waals surface area contributed by atoms with E-state index in [0.29, 0.717) is 5.30 Å². The number of benzene rings is 2. The summed E-state index contributed by atoms with van der Waals surface area (Å²) >= 11 is 0. The molecule has 0 amide bonds. The molecule has 0 unspecified atom stereocenters. The van der Waals surface area contributed by atoms with Crippen molar-refractivity contribution in [3.63, 3.8) is 0 Å². The first-order chi connectivity index (χ1) is 11.8. The summed E-state index contributed by atoms with van der Waals surface area (Å²) in [5, 5.41) is 11.1. The van der Waals surface area contributed by atoms with Gasteiger partial charge in [0.1, 0.15) is 5.82 Å². The molecule has 0 aliphatic carbocycles. The number of aliphatic hydroxyl groups excluding tert-OH is 1. The quantitative estimate of drug-likeness (QED) is 0.749. The van der Waals surface area contributed by atoms with Crippen LogP contribution in [0.2, 0.25) is 0 Å². The normalized spacial score (nSPS) is 15.0. The van der Waals surface area contributed by atoms with Crippen molar-refractivity contribution in [2.24, 2.45) is 5.92 Å². The lowest BCUT2D eigenvalue weighted by atomic mass is 10.2. The molecular formula is C19H25FNO3P. The van der Waals surface area contributed by atoms with Crippen LogP contribution in [0.5, 0.6) is 0 Å². The Labute approximate surface area is 148 Å². The second-order valence-electron chi connectivity index (χ2n) is 6.59. The first-order valence-electron chi connectivity index (χ1n) is 8.20. The van der Waals surface area contributed by atoms with Crippen LogP contribution in [0, 0.1) is 11.7 Å². The molecule has 0 fully saturated rings. The van der Waals surface area contributed by atoms with Crippen molar-refractivity contribution < 1.29 is 18.6 Å². The van der Waals surface area contributed by atoms with E-state index in [1.165, 1.54) is 18.2 Å². The van der Waals surface area contributed by atoms with Crippen LogP contribution < -0.4 is 10.2 Å². The zero-order chi connectivity index (χ0) is 18.6. The number of nitrogens with zero attached hydrogens (tertiary/aromatic N) is 1. The van der Waals surface area contributed by atoms with Crippen molar-refractivity contribution >= 4 is 18.4 Å². The lowest BCUT2D eigenvalue weighted by molar-refractivity contribution is 0.199. The molecule has 0 bridgehead atoms. The Morgan fingerprint density at radius 3 is 2.24 bits per heavy atom. The highest BCUT2D eigenvalue weighted by Crippen LogP contribution is 2.58. The number of hydrogen-bond acceptors (Lipinski definition) is 4. The van der Waals surface area contributed by atoms with E-state index in [1.54, 1.807) is 30.3 Å². The fourth-order valence-corrected chi connectivity index (χ4v) is 4.60. The van der Waals surface area contributed by atoms with Crippen LogP contribution in [0.4, 0.5) is 10.1 Å². The van der Waals surface area contributed by atoms with Crippen molar-refractivity contribution in [3.8, 4) is 0 Å². The fourth-order valence-electron chi connectivity index (χ4n) is 2.37. The first kappa shape index (κ1) is 19.6. The number of hydrogen-bond donors (Lipinski definition) is 1. The van der Waals surface area contributed by atoms with E-state index in [0.717, 1.165) is 5.69 Å². The van der Waals surface area contributed by atoms with Crippen molar-refractivity contribution in [1.29, 1.82) is 0 Å². The Bertz CT molecular complexity index is 747. The Morgan fingerprint density at radius 2 is 1.72 bits per heavy atom. The van der Waals surface area contributed by atoms with Crippen LogP contribution >= 0.6 is 7.37 Å². The van der Waals surface area contributed by atoms with Gasteiger partial charge in [-0.15, -0.1) is 0 Å². The van der Waals surface area contributed by atoms with Gasteiger partial charge in [0.15, 0.2) is 5.85 Å². The summed E-state index contributed by atoms with van der Waals surface area (Å²) in [7, 11) is 0.0832. The zero-order valence-corrected chi connectivity index (χ0v) is 15.9. The third-order valence-corrected chi connectivity index (χ3v) is 6.30. The molecule has 2 atom stereocenters. The predicted molar refractivity (Wildman–Crippen MR) is 100 cm³/mol. The third kappa shape index (κ3) is 4.49. The summed E-state index contributed by atoms with van der Waals surface area (Å²) in [6.07, 6.45) is 0. The number of anilines is 1. The molecule has 0 spiro atoms. The average Bonchev–Trinajstić information content (AvgIpc) is 2.59. The van der Waals surface area contributed by atoms with Crippen molar-refractivity contribution in [1.82, 2.24) is 0 Å². The van der Waals surface area contributed by atoms with E-state index in [2.05, 4.69) is 0 Å². The van der Waals surface area contributed by atoms with E-state index in [1.807, 2.05) is 32.8 Å².